The van der Waals surface area contributed by atoms with Gasteiger partial charge in [0.2, 0.25) is 0 Å². The van der Waals surface area contributed by atoms with Gasteiger partial charge >= 0.3 is 0 Å². The molecule has 6 rings (SSSR count). The first kappa shape index (κ1) is 28.7. The molecule has 8 heteroatoms. The maximum absolute atomic E-state index is 13.6. The van der Waals surface area contributed by atoms with Crippen molar-refractivity contribution in [1.29, 1.82) is 0 Å². The molecule has 1 aromatic heterocycles. The van der Waals surface area contributed by atoms with Crippen molar-refractivity contribution in [2.24, 2.45) is 5.92 Å². The summed E-state index contributed by atoms with van der Waals surface area (Å²) in [7, 11) is 1.83. The van der Waals surface area contributed by atoms with E-state index < -0.39 is 0 Å². The summed E-state index contributed by atoms with van der Waals surface area (Å²) in [5.41, 5.74) is 7.84. The van der Waals surface area contributed by atoms with Crippen LogP contribution in [-0.4, -0.2) is 40.6 Å². The quantitative estimate of drug-likeness (QED) is 0.262. The number of nitrogens with zero attached hydrogens (tertiary/aromatic N) is 3. The van der Waals surface area contributed by atoms with Gasteiger partial charge in [-0.1, -0.05) is 42.5 Å². The highest BCUT2D eigenvalue weighted by Crippen LogP contribution is 2.39. The molecule has 2 N–H and O–H groups in total. The van der Waals surface area contributed by atoms with Crippen molar-refractivity contribution in [2.75, 3.05) is 35.7 Å². The third-order valence-electron chi connectivity index (χ3n) is 8.40. The Labute approximate surface area is 258 Å². The number of pyridine rings is 1. The van der Waals surface area contributed by atoms with Crippen molar-refractivity contribution in [1.82, 2.24) is 9.47 Å². The molecule has 1 amide bonds. The Balaban J connectivity index is 1.29. The molecule has 0 radical (unpaired) electrons. The molecule has 2 aliphatic heterocycles. The van der Waals surface area contributed by atoms with E-state index in [0.717, 1.165) is 65.5 Å². The van der Waals surface area contributed by atoms with E-state index in [9.17, 15) is 9.59 Å². The lowest BCUT2D eigenvalue weighted by Gasteiger charge is -2.44. The monoisotopic (exact) mass is 591 g/mol. The maximum atomic E-state index is 13.6. The number of benzene rings is 3. The number of carbonyl (C=O) groups excluding carboxylic acids is 1. The molecule has 7 nitrogen and oxygen atoms in total. The molecular weight excluding hydrogens is 554 g/mol. The Hall–Kier alpha value is -4.43. The fourth-order valence-corrected chi connectivity index (χ4v) is 6.85. The van der Waals surface area contributed by atoms with E-state index in [1.807, 2.05) is 66.2 Å². The van der Waals surface area contributed by atoms with Crippen molar-refractivity contribution < 1.29 is 4.79 Å². The summed E-state index contributed by atoms with van der Waals surface area (Å²) in [5, 5.41) is 7.22. The molecule has 3 heterocycles. The Morgan fingerprint density at radius 3 is 2.44 bits per heavy atom. The van der Waals surface area contributed by atoms with E-state index in [1.165, 1.54) is 0 Å². The number of hydrogen-bond donors (Lipinski definition) is 2. The van der Waals surface area contributed by atoms with Gasteiger partial charge in [-0.15, -0.1) is 0 Å². The van der Waals surface area contributed by atoms with E-state index in [1.54, 1.807) is 11.0 Å². The Morgan fingerprint density at radius 1 is 0.907 bits per heavy atom. The standard InChI is InChI=1S/C35H37N5O2S/c1-23-14-24(2)16-29(15-23)36-35(43)37-30-18-27(34(42)38(3)19-25-8-5-4-6-9-25)12-13-32(30)39-20-26-17-28(22-39)31-10-7-11-33(41)40(31)21-26/h4-16,18,26,28H,17,19-22H2,1-3H3,(H2,36,37,43)/t26-,28+/m1/s1. The van der Waals surface area contributed by atoms with Crippen LogP contribution in [0.2, 0.25) is 0 Å². The summed E-state index contributed by atoms with van der Waals surface area (Å²) in [4.78, 5) is 30.3. The highest BCUT2D eigenvalue weighted by molar-refractivity contribution is 7.80. The van der Waals surface area contributed by atoms with E-state index >= 15 is 0 Å². The molecule has 1 fully saturated rings. The molecule has 4 aromatic rings. The summed E-state index contributed by atoms with van der Waals surface area (Å²) in [6.45, 7) is 6.97. The number of anilines is 3. The van der Waals surface area contributed by atoms with Crippen molar-refractivity contribution in [3.63, 3.8) is 0 Å². The van der Waals surface area contributed by atoms with Crippen LogP contribution < -0.4 is 21.1 Å². The topological polar surface area (TPSA) is 69.6 Å². The minimum atomic E-state index is -0.0598. The van der Waals surface area contributed by atoms with Crippen LogP contribution in [0.4, 0.5) is 17.1 Å². The molecule has 43 heavy (non-hydrogen) atoms. The zero-order valence-electron chi connectivity index (χ0n) is 24.8. The van der Waals surface area contributed by atoms with Crippen LogP contribution in [0.1, 0.15) is 45.1 Å². The normalized spacial score (nSPS) is 17.1. The lowest BCUT2D eigenvalue weighted by molar-refractivity contribution is 0.0785. The number of nitrogens with one attached hydrogen (secondary N) is 2. The summed E-state index contributed by atoms with van der Waals surface area (Å²) in [6, 6.07) is 27.7. The molecule has 2 bridgehead atoms. The first-order valence-corrected chi connectivity index (χ1v) is 15.2. The van der Waals surface area contributed by atoms with E-state index in [2.05, 4.69) is 53.6 Å². The van der Waals surface area contributed by atoms with Crippen LogP contribution in [0, 0.1) is 19.8 Å². The number of amides is 1. The first-order chi connectivity index (χ1) is 20.7. The second-order valence-electron chi connectivity index (χ2n) is 11.9. The predicted octanol–water partition coefficient (Wildman–Crippen LogP) is 6.17. The summed E-state index contributed by atoms with van der Waals surface area (Å²) in [5.74, 6) is 0.557. The third kappa shape index (κ3) is 6.34. The van der Waals surface area contributed by atoms with Gasteiger partial charge in [0, 0.05) is 62.2 Å². The molecule has 0 saturated carbocycles. The van der Waals surface area contributed by atoms with Crippen molar-refractivity contribution >= 4 is 40.3 Å². The Bertz CT molecular complexity index is 1710. The molecule has 2 aliphatic rings. The fourth-order valence-electron chi connectivity index (χ4n) is 6.62. The van der Waals surface area contributed by atoms with Gasteiger partial charge in [0.15, 0.2) is 5.11 Å². The summed E-state index contributed by atoms with van der Waals surface area (Å²) < 4.78 is 1.95. The highest BCUT2D eigenvalue weighted by Gasteiger charge is 2.35. The largest absolute Gasteiger partial charge is 0.369 e. The smallest absolute Gasteiger partial charge is 0.253 e. The zero-order valence-corrected chi connectivity index (χ0v) is 25.7. The SMILES string of the molecule is Cc1cc(C)cc(NC(=S)Nc2cc(C(=O)N(C)Cc3ccccc3)ccc2N2C[C@H]3C[C@@H](C2)c2cccc(=O)n2C3)c1. The molecule has 0 aliphatic carbocycles. The second kappa shape index (κ2) is 12.1. The van der Waals surface area contributed by atoms with E-state index in [0.29, 0.717) is 23.1 Å². The average Bonchev–Trinajstić information content (AvgIpc) is 2.97. The molecule has 220 valence electrons. The fraction of sp³-hybridized carbons (Fsp3) is 0.286. The Kier molecular flexibility index (Phi) is 8.04. The highest BCUT2D eigenvalue weighted by atomic mass is 32.1. The van der Waals surface area contributed by atoms with Crippen LogP contribution in [0.5, 0.6) is 0 Å². The van der Waals surface area contributed by atoms with Gasteiger partial charge in [-0.2, -0.15) is 0 Å². The predicted molar refractivity (Wildman–Crippen MR) is 178 cm³/mol. The van der Waals surface area contributed by atoms with Gasteiger partial charge in [0.05, 0.1) is 11.4 Å². The number of piperidine rings is 1. The molecular formula is C35H37N5O2S. The van der Waals surface area contributed by atoms with Gasteiger partial charge in [-0.3, -0.25) is 9.59 Å². The number of hydrogen-bond acceptors (Lipinski definition) is 4. The minimum Gasteiger partial charge on any atom is -0.369 e. The Morgan fingerprint density at radius 2 is 1.67 bits per heavy atom. The third-order valence-corrected chi connectivity index (χ3v) is 8.61. The second-order valence-corrected chi connectivity index (χ2v) is 12.3. The summed E-state index contributed by atoms with van der Waals surface area (Å²) in [6.07, 6.45) is 1.07. The molecule has 1 saturated heterocycles. The van der Waals surface area contributed by atoms with Crippen LogP contribution in [0.3, 0.4) is 0 Å². The molecule has 3 aromatic carbocycles. The average molecular weight is 592 g/mol. The van der Waals surface area contributed by atoms with Crippen LogP contribution in [0.15, 0.2) is 89.7 Å². The van der Waals surface area contributed by atoms with Crippen molar-refractivity contribution in [3.8, 4) is 0 Å². The number of thiocarbonyl (C=S) groups is 1. The molecule has 0 spiro atoms. The number of aryl methyl sites for hydroxylation is 2. The maximum Gasteiger partial charge on any atom is 0.253 e. The van der Waals surface area contributed by atoms with Gasteiger partial charge in [0.1, 0.15) is 0 Å². The number of rotatable bonds is 6. The lowest BCUT2D eigenvalue weighted by Crippen LogP contribution is -2.47. The first-order valence-electron chi connectivity index (χ1n) is 14.8. The van der Waals surface area contributed by atoms with Crippen LogP contribution in [-0.2, 0) is 13.1 Å². The number of carbonyl (C=O) groups is 1. The van der Waals surface area contributed by atoms with Gasteiger partial charge in [-0.25, -0.2) is 0 Å². The van der Waals surface area contributed by atoms with Gasteiger partial charge < -0.3 is 25.0 Å². The van der Waals surface area contributed by atoms with E-state index in [-0.39, 0.29) is 17.4 Å². The molecule has 0 unspecified atom stereocenters. The molecule has 2 atom stereocenters. The lowest BCUT2D eigenvalue weighted by atomic mass is 9.83. The number of fused-ring (bicyclic) bond motifs is 4. The minimum absolute atomic E-state index is 0.0598. The summed E-state index contributed by atoms with van der Waals surface area (Å²) >= 11 is 5.79. The van der Waals surface area contributed by atoms with Crippen molar-refractivity contribution in [3.05, 3.63) is 123 Å². The zero-order chi connectivity index (χ0) is 30.1. The van der Waals surface area contributed by atoms with Crippen LogP contribution >= 0.6 is 12.2 Å². The number of aromatic nitrogens is 1. The van der Waals surface area contributed by atoms with Crippen LogP contribution in [0.25, 0.3) is 0 Å². The van der Waals surface area contributed by atoms with Gasteiger partial charge in [-0.05, 0) is 91.5 Å². The van der Waals surface area contributed by atoms with Crippen molar-refractivity contribution in [2.45, 2.75) is 39.3 Å². The van der Waals surface area contributed by atoms with E-state index in [4.69, 9.17) is 12.2 Å². The van der Waals surface area contributed by atoms with Gasteiger partial charge in [0.25, 0.3) is 11.5 Å².